The molecule has 1 amide bonds. The molecule has 2 aliphatic rings. The summed E-state index contributed by atoms with van der Waals surface area (Å²) in [6.07, 6.45) is 5.40. The molecule has 1 aliphatic heterocycles. The van der Waals surface area contributed by atoms with E-state index in [9.17, 15) is 13.2 Å². The van der Waals surface area contributed by atoms with Crippen molar-refractivity contribution >= 4 is 15.9 Å². The smallest absolute Gasteiger partial charge is 0.227 e. The molecule has 3 N–H and O–H groups in total. The number of hydrogen-bond acceptors (Lipinski definition) is 4. The van der Waals surface area contributed by atoms with Crippen LogP contribution in [-0.4, -0.2) is 50.2 Å². The molecule has 2 unspecified atom stereocenters. The van der Waals surface area contributed by atoms with Crippen LogP contribution in [0.2, 0.25) is 0 Å². The molecular weight excluding hydrogens is 290 g/mol. The second kappa shape index (κ2) is 7.07. The largest absolute Gasteiger partial charge is 0.342 e. The minimum absolute atomic E-state index is 0.0115. The average Bonchev–Trinajstić information content (AvgIpc) is 2.47. The molecule has 0 radical (unpaired) electrons. The van der Waals surface area contributed by atoms with Crippen LogP contribution >= 0.6 is 0 Å². The Morgan fingerprint density at radius 3 is 2.38 bits per heavy atom. The van der Waals surface area contributed by atoms with Crippen LogP contribution in [0.1, 0.15) is 45.4 Å². The van der Waals surface area contributed by atoms with Crippen LogP contribution in [0.15, 0.2) is 0 Å². The molecule has 2 fully saturated rings. The third-order valence-electron chi connectivity index (χ3n) is 4.67. The zero-order valence-electron chi connectivity index (χ0n) is 12.8. The number of nitrogens with two attached hydrogens (primary N) is 1. The maximum absolute atomic E-state index is 12.5. The molecule has 7 heteroatoms. The van der Waals surface area contributed by atoms with E-state index in [1.807, 2.05) is 4.90 Å². The van der Waals surface area contributed by atoms with Crippen LogP contribution in [-0.2, 0) is 14.8 Å². The standard InChI is InChI=1S/C14H27N3O3S/c1-2-21(19,20)16-11-7-9-17(10-8-11)14(18)12-5-3-4-6-13(12)15/h11-13,16H,2-10,15H2,1H3. The van der Waals surface area contributed by atoms with Crippen LogP contribution in [0.3, 0.4) is 0 Å². The van der Waals surface area contributed by atoms with Crippen LogP contribution in [0, 0.1) is 5.92 Å². The third-order valence-corrected chi connectivity index (χ3v) is 6.12. The summed E-state index contributed by atoms with van der Waals surface area (Å²) >= 11 is 0. The fraction of sp³-hybridized carbons (Fsp3) is 0.929. The summed E-state index contributed by atoms with van der Waals surface area (Å²) in [6, 6.07) is -0.0541. The summed E-state index contributed by atoms with van der Waals surface area (Å²) < 4.78 is 25.8. The first kappa shape index (κ1) is 16.7. The molecule has 1 heterocycles. The number of carbonyl (C=O) groups is 1. The molecule has 1 aliphatic carbocycles. The van der Waals surface area contributed by atoms with Gasteiger partial charge in [0.15, 0.2) is 0 Å². The lowest BCUT2D eigenvalue weighted by Crippen LogP contribution is -2.51. The van der Waals surface area contributed by atoms with E-state index < -0.39 is 10.0 Å². The van der Waals surface area contributed by atoms with E-state index in [1.54, 1.807) is 6.92 Å². The quantitative estimate of drug-likeness (QED) is 0.786. The van der Waals surface area contributed by atoms with E-state index >= 15 is 0 Å². The van der Waals surface area contributed by atoms with Gasteiger partial charge in [0.2, 0.25) is 15.9 Å². The van der Waals surface area contributed by atoms with Crippen molar-refractivity contribution in [2.75, 3.05) is 18.8 Å². The Morgan fingerprint density at radius 2 is 1.81 bits per heavy atom. The molecule has 122 valence electrons. The summed E-state index contributed by atoms with van der Waals surface area (Å²) in [7, 11) is -3.16. The number of piperidine rings is 1. The summed E-state index contributed by atoms with van der Waals surface area (Å²) in [5, 5.41) is 0. The molecule has 1 saturated heterocycles. The zero-order chi connectivity index (χ0) is 15.5. The molecule has 0 aromatic rings. The van der Waals surface area contributed by atoms with Crippen LogP contribution in [0.25, 0.3) is 0 Å². The van der Waals surface area contributed by atoms with Crippen molar-refractivity contribution in [3.63, 3.8) is 0 Å². The Labute approximate surface area is 127 Å². The lowest BCUT2D eigenvalue weighted by Gasteiger charge is -2.37. The molecule has 6 nitrogen and oxygen atoms in total. The Bertz CT molecular complexity index is 458. The Kier molecular flexibility index (Phi) is 5.62. The second-order valence-electron chi connectivity index (χ2n) is 6.18. The Balaban J connectivity index is 1.84. The zero-order valence-corrected chi connectivity index (χ0v) is 13.6. The molecule has 2 atom stereocenters. The van der Waals surface area contributed by atoms with Gasteiger partial charge in [-0.2, -0.15) is 0 Å². The summed E-state index contributed by atoms with van der Waals surface area (Å²) in [4.78, 5) is 14.4. The minimum Gasteiger partial charge on any atom is -0.342 e. The second-order valence-corrected chi connectivity index (χ2v) is 8.22. The topological polar surface area (TPSA) is 92.5 Å². The highest BCUT2D eigenvalue weighted by molar-refractivity contribution is 7.89. The van der Waals surface area contributed by atoms with Gasteiger partial charge >= 0.3 is 0 Å². The van der Waals surface area contributed by atoms with Crippen LogP contribution < -0.4 is 10.5 Å². The number of amides is 1. The lowest BCUT2D eigenvalue weighted by atomic mass is 9.83. The fourth-order valence-corrected chi connectivity index (χ4v) is 4.17. The van der Waals surface area contributed by atoms with Crippen LogP contribution in [0.4, 0.5) is 0 Å². The summed E-state index contributed by atoms with van der Waals surface area (Å²) in [5.41, 5.74) is 6.08. The molecule has 1 saturated carbocycles. The predicted octanol–water partition coefficient (Wildman–Crippen LogP) is 0.434. The molecule has 21 heavy (non-hydrogen) atoms. The van der Waals surface area contributed by atoms with Crippen molar-refractivity contribution in [3.8, 4) is 0 Å². The SMILES string of the molecule is CCS(=O)(=O)NC1CCN(C(=O)C2CCCCC2N)CC1. The van der Waals surface area contributed by atoms with Gasteiger partial charge < -0.3 is 10.6 Å². The van der Waals surface area contributed by atoms with Crippen molar-refractivity contribution in [2.24, 2.45) is 11.7 Å². The highest BCUT2D eigenvalue weighted by Gasteiger charge is 2.33. The Hall–Kier alpha value is -0.660. The number of carbonyl (C=O) groups excluding carboxylic acids is 1. The highest BCUT2D eigenvalue weighted by Crippen LogP contribution is 2.26. The van der Waals surface area contributed by atoms with E-state index in [2.05, 4.69) is 4.72 Å². The lowest BCUT2D eigenvalue weighted by molar-refractivity contribution is -0.138. The van der Waals surface area contributed by atoms with E-state index in [4.69, 9.17) is 5.73 Å². The van der Waals surface area contributed by atoms with Crippen LogP contribution in [0.5, 0.6) is 0 Å². The van der Waals surface area contributed by atoms with Crippen molar-refractivity contribution < 1.29 is 13.2 Å². The summed E-state index contributed by atoms with van der Waals surface area (Å²) in [5.74, 6) is 0.227. The maximum Gasteiger partial charge on any atom is 0.227 e. The first-order chi connectivity index (χ1) is 9.93. The number of nitrogens with one attached hydrogen (secondary N) is 1. The van der Waals surface area contributed by atoms with E-state index in [-0.39, 0.29) is 29.7 Å². The van der Waals surface area contributed by atoms with Gasteiger partial charge in [0, 0.05) is 25.2 Å². The normalized spacial score (nSPS) is 28.6. The van der Waals surface area contributed by atoms with E-state index in [0.29, 0.717) is 25.9 Å². The van der Waals surface area contributed by atoms with E-state index in [1.165, 1.54) is 0 Å². The van der Waals surface area contributed by atoms with Gasteiger partial charge in [-0.1, -0.05) is 12.8 Å². The predicted molar refractivity (Wildman–Crippen MR) is 82.1 cm³/mol. The minimum atomic E-state index is -3.16. The molecule has 0 bridgehead atoms. The number of rotatable bonds is 4. The fourth-order valence-electron chi connectivity index (χ4n) is 3.26. The van der Waals surface area contributed by atoms with E-state index in [0.717, 1.165) is 25.7 Å². The molecule has 0 spiro atoms. The van der Waals surface area contributed by atoms with Gasteiger partial charge in [0.05, 0.1) is 11.7 Å². The van der Waals surface area contributed by atoms with Crippen molar-refractivity contribution in [1.82, 2.24) is 9.62 Å². The molecular formula is C14H27N3O3S. The van der Waals surface area contributed by atoms with Crippen molar-refractivity contribution in [3.05, 3.63) is 0 Å². The first-order valence-electron chi connectivity index (χ1n) is 7.97. The van der Waals surface area contributed by atoms with Gasteiger partial charge in [-0.15, -0.1) is 0 Å². The van der Waals surface area contributed by atoms with Gasteiger partial charge in [-0.25, -0.2) is 13.1 Å². The highest BCUT2D eigenvalue weighted by atomic mass is 32.2. The monoisotopic (exact) mass is 317 g/mol. The number of nitrogens with zero attached hydrogens (tertiary/aromatic N) is 1. The average molecular weight is 317 g/mol. The summed E-state index contributed by atoms with van der Waals surface area (Å²) in [6.45, 7) is 2.88. The maximum atomic E-state index is 12.5. The van der Waals surface area contributed by atoms with Crippen molar-refractivity contribution in [1.29, 1.82) is 0 Å². The van der Waals surface area contributed by atoms with Gasteiger partial charge in [0.25, 0.3) is 0 Å². The number of likely N-dealkylation sites (tertiary alicyclic amines) is 1. The van der Waals surface area contributed by atoms with Gasteiger partial charge in [-0.3, -0.25) is 4.79 Å². The number of sulfonamides is 1. The third kappa shape index (κ3) is 4.40. The van der Waals surface area contributed by atoms with Gasteiger partial charge in [-0.05, 0) is 32.6 Å². The van der Waals surface area contributed by atoms with Crippen molar-refractivity contribution in [2.45, 2.75) is 57.5 Å². The first-order valence-corrected chi connectivity index (χ1v) is 9.62. The number of hydrogen-bond donors (Lipinski definition) is 2. The molecule has 2 rings (SSSR count). The molecule has 0 aromatic carbocycles. The van der Waals surface area contributed by atoms with Gasteiger partial charge in [0.1, 0.15) is 0 Å². The Morgan fingerprint density at radius 1 is 1.19 bits per heavy atom. The molecule has 0 aromatic heterocycles.